The van der Waals surface area contributed by atoms with Crippen molar-refractivity contribution < 1.29 is 4.79 Å². The summed E-state index contributed by atoms with van der Waals surface area (Å²) in [6.45, 7) is 1.90. The minimum atomic E-state index is -0.188. The number of fused-ring (bicyclic) bond motifs is 1. The Labute approximate surface area is 155 Å². The lowest BCUT2D eigenvalue weighted by molar-refractivity contribution is 0.102. The molecule has 2 N–H and O–H groups in total. The van der Waals surface area contributed by atoms with Crippen molar-refractivity contribution in [1.29, 1.82) is 0 Å². The van der Waals surface area contributed by atoms with Crippen LogP contribution in [0, 0.1) is 6.92 Å². The van der Waals surface area contributed by atoms with Crippen LogP contribution in [0.15, 0.2) is 66.7 Å². The van der Waals surface area contributed by atoms with Crippen LogP contribution in [-0.2, 0) is 0 Å². The first kappa shape index (κ1) is 16.4. The third-order valence-electron chi connectivity index (χ3n) is 4.27. The van der Waals surface area contributed by atoms with Gasteiger partial charge in [-0.3, -0.25) is 4.79 Å². The molecule has 1 amide bonds. The summed E-state index contributed by atoms with van der Waals surface area (Å²) < 4.78 is 0. The van der Waals surface area contributed by atoms with E-state index in [2.05, 4.69) is 15.3 Å². The first-order valence-corrected chi connectivity index (χ1v) is 8.61. The van der Waals surface area contributed by atoms with Crippen molar-refractivity contribution >= 4 is 34.2 Å². The fourth-order valence-corrected chi connectivity index (χ4v) is 3.04. The van der Waals surface area contributed by atoms with E-state index >= 15 is 0 Å². The number of anilines is 1. The quantitative estimate of drug-likeness (QED) is 0.510. The Hall–Kier alpha value is -3.11. The van der Waals surface area contributed by atoms with Crippen LogP contribution in [0.25, 0.3) is 22.4 Å². The molecule has 0 fully saturated rings. The molecule has 0 radical (unpaired) electrons. The van der Waals surface area contributed by atoms with Gasteiger partial charge in [-0.2, -0.15) is 0 Å². The number of aromatic amines is 1. The van der Waals surface area contributed by atoms with Gasteiger partial charge in [-0.25, -0.2) is 4.98 Å². The van der Waals surface area contributed by atoms with Crippen molar-refractivity contribution in [2.24, 2.45) is 0 Å². The standard InChI is InChI=1S/C21H16ClN3O/c1-13-6-2-3-7-15(13)21(26)25-19-12-14(10-11-16(19)22)20-23-17-8-4-5-9-18(17)24-20/h2-12H,1H3,(H,23,24)(H,25,26). The fourth-order valence-electron chi connectivity index (χ4n) is 2.88. The van der Waals surface area contributed by atoms with Crippen LogP contribution in [-0.4, -0.2) is 15.9 Å². The smallest absolute Gasteiger partial charge is 0.255 e. The number of nitrogens with zero attached hydrogens (tertiary/aromatic N) is 1. The summed E-state index contributed by atoms with van der Waals surface area (Å²) in [5.74, 6) is 0.543. The summed E-state index contributed by atoms with van der Waals surface area (Å²) in [6.07, 6.45) is 0. The van der Waals surface area contributed by atoms with Gasteiger partial charge in [-0.1, -0.05) is 41.9 Å². The van der Waals surface area contributed by atoms with Gasteiger partial charge < -0.3 is 10.3 Å². The zero-order valence-electron chi connectivity index (χ0n) is 14.1. The Kier molecular flexibility index (Phi) is 4.19. The zero-order valence-corrected chi connectivity index (χ0v) is 14.8. The molecule has 1 aromatic heterocycles. The highest BCUT2D eigenvalue weighted by atomic mass is 35.5. The lowest BCUT2D eigenvalue weighted by Crippen LogP contribution is -2.13. The topological polar surface area (TPSA) is 57.8 Å². The molecule has 0 saturated heterocycles. The minimum Gasteiger partial charge on any atom is -0.338 e. The number of imidazole rings is 1. The van der Waals surface area contributed by atoms with Crippen LogP contribution in [0.4, 0.5) is 5.69 Å². The summed E-state index contributed by atoms with van der Waals surface area (Å²) in [5, 5.41) is 3.38. The number of amides is 1. The van der Waals surface area contributed by atoms with E-state index in [0.717, 1.165) is 28.0 Å². The number of H-pyrrole nitrogens is 1. The van der Waals surface area contributed by atoms with Gasteiger partial charge in [-0.05, 0) is 48.9 Å². The Bertz CT molecular complexity index is 1080. The summed E-state index contributed by atoms with van der Waals surface area (Å²) in [4.78, 5) is 20.5. The largest absolute Gasteiger partial charge is 0.338 e. The van der Waals surface area contributed by atoms with E-state index in [9.17, 15) is 4.79 Å². The number of hydrogen-bond acceptors (Lipinski definition) is 2. The second kappa shape index (κ2) is 6.65. The van der Waals surface area contributed by atoms with E-state index < -0.39 is 0 Å². The number of aryl methyl sites for hydroxylation is 1. The van der Waals surface area contributed by atoms with Crippen LogP contribution in [0.5, 0.6) is 0 Å². The Morgan fingerprint density at radius 3 is 2.62 bits per heavy atom. The highest BCUT2D eigenvalue weighted by molar-refractivity contribution is 6.34. The van der Waals surface area contributed by atoms with Crippen LogP contribution in [0.2, 0.25) is 5.02 Å². The SMILES string of the molecule is Cc1ccccc1C(=O)Nc1cc(-c2nc3ccccc3[nH]2)ccc1Cl. The van der Waals surface area contributed by atoms with Crippen molar-refractivity contribution in [3.05, 3.63) is 82.9 Å². The van der Waals surface area contributed by atoms with Crippen LogP contribution >= 0.6 is 11.6 Å². The number of para-hydroxylation sites is 2. The van der Waals surface area contributed by atoms with Gasteiger partial charge >= 0.3 is 0 Å². The van der Waals surface area contributed by atoms with Crippen molar-refractivity contribution in [3.8, 4) is 11.4 Å². The van der Waals surface area contributed by atoms with Gasteiger partial charge in [0.25, 0.3) is 5.91 Å². The number of aromatic nitrogens is 2. The molecule has 0 aliphatic carbocycles. The van der Waals surface area contributed by atoms with E-state index in [0.29, 0.717) is 16.3 Å². The predicted molar refractivity (Wildman–Crippen MR) is 106 cm³/mol. The third-order valence-corrected chi connectivity index (χ3v) is 4.60. The average molecular weight is 362 g/mol. The molecule has 0 aliphatic rings. The molecule has 3 aromatic carbocycles. The summed E-state index contributed by atoms with van der Waals surface area (Å²) in [6, 6.07) is 20.7. The normalized spacial score (nSPS) is 10.8. The van der Waals surface area contributed by atoms with Crippen molar-refractivity contribution in [2.45, 2.75) is 6.92 Å². The van der Waals surface area contributed by atoms with E-state index in [-0.39, 0.29) is 5.91 Å². The highest BCUT2D eigenvalue weighted by Gasteiger charge is 2.13. The molecule has 0 saturated carbocycles. The number of hydrogen-bond donors (Lipinski definition) is 2. The van der Waals surface area contributed by atoms with E-state index in [1.54, 1.807) is 12.1 Å². The number of carbonyl (C=O) groups is 1. The Morgan fingerprint density at radius 2 is 1.81 bits per heavy atom. The number of halogens is 1. The molecule has 0 aliphatic heterocycles. The zero-order chi connectivity index (χ0) is 18.1. The van der Waals surface area contributed by atoms with Gasteiger partial charge in [0.05, 0.1) is 21.7 Å². The van der Waals surface area contributed by atoms with Crippen LogP contribution in [0.3, 0.4) is 0 Å². The average Bonchev–Trinajstić information content (AvgIpc) is 3.08. The Morgan fingerprint density at radius 1 is 1.04 bits per heavy atom. The van der Waals surface area contributed by atoms with Gasteiger partial charge in [0.15, 0.2) is 0 Å². The molecular formula is C21H16ClN3O. The maximum Gasteiger partial charge on any atom is 0.255 e. The molecule has 26 heavy (non-hydrogen) atoms. The van der Waals surface area contributed by atoms with Crippen molar-refractivity contribution in [1.82, 2.24) is 9.97 Å². The maximum absolute atomic E-state index is 12.6. The summed E-state index contributed by atoms with van der Waals surface area (Å²) >= 11 is 6.29. The van der Waals surface area contributed by atoms with Crippen molar-refractivity contribution in [2.75, 3.05) is 5.32 Å². The summed E-state index contributed by atoms with van der Waals surface area (Å²) in [7, 11) is 0. The minimum absolute atomic E-state index is 0.188. The van der Waals surface area contributed by atoms with E-state index in [4.69, 9.17) is 11.6 Å². The molecular weight excluding hydrogens is 346 g/mol. The molecule has 128 valence electrons. The number of rotatable bonds is 3. The molecule has 4 aromatic rings. The molecule has 0 spiro atoms. The van der Waals surface area contributed by atoms with E-state index in [1.165, 1.54) is 0 Å². The van der Waals surface area contributed by atoms with Gasteiger partial charge in [0.1, 0.15) is 5.82 Å². The first-order chi connectivity index (χ1) is 12.6. The highest BCUT2D eigenvalue weighted by Crippen LogP contribution is 2.29. The predicted octanol–water partition coefficient (Wildman–Crippen LogP) is 5.44. The second-order valence-electron chi connectivity index (χ2n) is 6.07. The number of benzene rings is 3. The lowest BCUT2D eigenvalue weighted by Gasteiger charge is -2.10. The number of carbonyl (C=O) groups excluding carboxylic acids is 1. The molecule has 4 rings (SSSR count). The molecule has 4 nitrogen and oxygen atoms in total. The van der Waals surface area contributed by atoms with Gasteiger partial charge in [0.2, 0.25) is 0 Å². The van der Waals surface area contributed by atoms with Crippen LogP contribution < -0.4 is 5.32 Å². The molecule has 0 bridgehead atoms. The number of nitrogens with one attached hydrogen (secondary N) is 2. The van der Waals surface area contributed by atoms with Crippen LogP contribution in [0.1, 0.15) is 15.9 Å². The molecule has 0 unspecified atom stereocenters. The second-order valence-corrected chi connectivity index (χ2v) is 6.47. The first-order valence-electron chi connectivity index (χ1n) is 8.23. The van der Waals surface area contributed by atoms with Crippen molar-refractivity contribution in [3.63, 3.8) is 0 Å². The lowest BCUT2D eigenvalue weighted by atomic mass is 10.1. The van der Waals surface area contributed by atoms with Gasteiger partial charge in [-0.15, -0.1) is 0 Å². The fraction of sp³-hybridized carbons (Fsp3) is 0.0476. The molecule has 1 heterocycles. The monoisotopic (exact) mass is 361 g/mol. The molecule has 0 atom stereocenters. The summed E-state index contributed by atoms with van der Waals surface area (Å²) in [5.41, 5.74) is 4.79. The third kappa shape index (κ3) is 3.07. The molecule has 5 heteroatoms. The maximum atomic E-state index is 12.6. The Balaban J connectivity index is 1.68. The van der Waals surface area contributed by atoms with Gasteiger partial charge in [0, 0.05) is 11.1 Å². The van der Waals surface area contributed by atoms with E-state index in [1.807, 2.05) is 61.5 Å².